The normalized spacial score (nSPS) is 11.9. The molecule has 2 rings (SSSR count). The molecule has 0 heterocycles. The zero-order valence-corrected chi connectivity index (χ0v) is 17.3. The van der Waals surface area contributed by atoms with E-state index in [0.29, 0.717) is 0 Å². The van der Waals surface area contributed by atoms with Crippen molar-refractivity contribution in [1.82, 2.24) is 4.90 Å². The summed E-state index contributed by atoms with van der Waals surface area (Å²) >= 11 is 0. The van der Waals surface area contributed by atoms with Crippen molar-refractivity contribution in [3.63, 3.8) is 0 Å². The van der Waals surface area contributed by atoms with Crippen LogP contribution in [0.1, 0.15) is 12.5 Å². The van der Waals surface area contributed by atoms with Crippen molar-refractivity contribution < 1.29 is 31.2 Å². The first kappa shape index (κ1) is 24.3. The summed E-state index contributed by atoms with van der Waals surface area (Å²) in [5.41, 5.74) is -1.16. The van der Waals surface area contributed by atoms with Crippen molar-refractivity contribution in [3.8, 4) is 0 Å². The van der Waals surface area contributed by atoms with Crippen LogP contribution in [0.3, 0.4) is 0 Å². The second-order valence-corrected chi connectivity index (χ2v) is 8.08. The van der Waals surface area contributed by atoms with Crippen molar-refractivity contribution in [1.29, 1.82) is 0 Å². The Hall–Kier alpha value is -2.96. The van der Waals surface area contributed by atoms with Crippen LogP contribution in [0.2, 0.25) is 0 Å². The molecule has 0 radical (unpaired) electrons. The third kappa shape index (κ3) is 7.35. The number of primary sulfonamides is 1. The van der Waals surface area contributed by atoms with Crippen LogP contribution >= 0.6 is 0 Å². The molecule has 8 nitrogen and oxygen atoms in total. The van der Waals surface area contributed by atoms with E-state index in [9.17, 15) is 31.2 Å². The molecule has 0 atom stereocenters. The molecule has 4 N–H and O–H groups in total. The van der Waals surface area contributed by atoms with Crippen LogP contribution in [0.4, 0.5) is 24.5 Å². The standard InChI is InChI=1S/C19H21F3N4O4S/c1-2-26(11-17(27)24-13-6-5-7-14(10-13)31(23,29)30)12-18(28)25-16-9-4-3-8-15(16)19(20,21)22/h3-10H,2,11-12H2,1H3,(H,24,27)(H,25,28)(H2,23,29,30). The number of nitrogens with zero attached hydrogens (tertiary/aromatic N) is 1. The molecule has 0 saturated heterocycles. The lowest BCUT2D eigenvalue weighted by atomic mass is 10.1. The summed E-state index contributed by atoms with van der Waals surface area (Å²) in [7, 11) is -3.94. The fraction of sp³-hybridized carbons (Fsp3) is 0.263. The van der Waals surface area contributed by atoms with Gasteiger partial charge in [0.05, 0.1) is 29.2 Å². The molecule has 0 spiro atoms. The number of likely N-dealkylation sites (N-methyl/N-ethyl adjacent to an activating group) is 1. The molecule has 0 fully saturated rings. The number of sulfonamides is 1. The van der Waals surface area contributed by atoms with Crippen LogP contribution in [0.5, 0.6) is 0 Å². The number of nitrogens with one attached hydrogen (secondary N) is 2. The Morgan fingerprint density at radius 3 is 2.19 bits per heavy atom. The molecular formula is C19H21F3N4O4S. The number of para-hydroxylation sites is 1. The van der Waals surface area contributed by atoms with Gasteiger partial charge in [-0.3, -0.25) is 14.5 Å². The first-order chi connectivity index (χ1) is 14.4. The van der Waals surface area contributed by atoms with Crippen molar-refractivity contribution in [2.24, 2.45) is 5.14 Å². The molecule has 0 aromatic heterocycles. The van der Waals surface area contributed by atoms with Crippen LogP contribution in [0.15, 0.2) is 53.4 Å². The Kier molecular flexibility index (Phi) is 7.76. The Morgan fingerprint density at radius 2 is 1.61 bits per heavy atom. The first-order valence-electron chi connectivity index (χ1n) is 9.01. The Morgan fingerprint density at radius 1 is 1.00 bits per heavy atom. The van der Waals surface area contributed by atoms with E-state index in [-0.39, 0.29) is 35.9 Å². The van der Waals surface area contributed by atoms with E-state index >= 15 is 0 Å². The minimum Gasteiger partial charge on any atom is -0.325 e. The smallest absolute Gasteiger partial charge is 0.325 e. The maximum atomic E-state index is 13.0. The van der Waals surface area contributed by atoms with Gasteiger partial charge in [-0.25, -0.2) is 13.6 Å². The van der Waals surface area contributed by atoms with Crippen LogP contribution < -0.4 is 15.8 Å². The average Bonchev–Trinajstić information content (AvgIpc) is 2.66. The maximum absolute atomic E-state index is 13.0. The summed E-state index contributed by atoms with van der Waals surface area (Å²) in [5, 5.41) is 9.76. The summed E-state index contributed by atoms with van der Waals surface area (Å²) in [6, 6.07) is 9.90. The number of nitrogens with two attached hydrogens (primary N) is 1. The van der Waals surface area contributed by atoms with Crippen molar-refractivity contribution in [2.45, 2.75) is 18.0 Å². The first-order valence-corrected chi connectivity index (χ1v) is 10.6. The Bertz CT molecular complexity index is 1060. The quantitative estimate of drug-likeness (QED) is 0.560. The summed E-state index contributed by atoms with van der Waals surface area (Å²) in [6.07, 6.45) is -4.63. The monoisotopic (exact) mass is 458 g/mol. The predicted octanol–water partition coefficient (Wildman–Crippen LogP) is 2.25. The third-order valence-electron chi connectivity index (χ3n) is 4.13. The van der Waals surface area contributed by atoms with E-state index in [1.165, 1.54) is 41.3 Å². The number of rotatable bonds is 8. The maximum Gasteiger partial charge on any atom is 0.418 e. The van der Waals surface area contributed by atoms with E-state index in [0.717, 1.165) is 12.1 Å². The third-order valence-corrected chi connectivity index (χ3v) is 5.05. The number of halogens is 3. The number of alkyl halides is 3. The van der Waals surface area contributed by atoms with Gasteiger partial charge in [-0.1, -0.05) is 25.1 Å². The zero-order chi connectivity index (χ0) is 23.2. The molecule has 2 amide bonds. The topological polar surface area (TPSA) is 122 Å². The summed E-state index contributed by atoms with van der Waals surface area (Å²) in [6.45, 7) is 1.36. The molecule has 0 unspecified atom stereocenters. The van der Waals surface area contributed by atoms with Crippen molar-refractivity contribution >= 4 is 33.2 Å². The van der Waals surface area contributed by atoms with Crippen LogP contribution in [-0.4, -0.2) is 44.8 Å². The fourth-order valence-electron chi connectivity index (χ4n) is 2.67. The molecule has 31 heavy (non-hydrogen) atoms. The number of anilines is 2. The molecule has 2 aromatic carbocycles. The van der Waals surface area contributed by atoms with Gasteiger partial charge in [0.25, 0.3) is 0 Å². The van der Waals surface area contributed by atoms with Gasteiger partial charge < -0.3 is 10.6 Å². The van der Waals surface area contributed by atoms with Crippen LogP contribution in [0, 0.1) is 0 Å². The van der Waals surface area contributed by atoms with E-state index in [1.807, 2.05) is 0 Å². The number of hydrogen-bond acceptors (Lipinski definition) is 5. The van der Waals surface area contributed by atoms with Gasteiger partial charge in [0.1, 0.15) is 0 Å². The highest BCUT2D eigenvalue weighted by molar-refractivity contribution is 7.89. The molecular weight excluding hydrogens is 437 g/mol. The van der Waals surface area contributed by atoms with Crippen molar-refractivity contribution in [2.75, 3.05) is 30.3 Å². The highest BCUT2D eigenvalue weighted by Gasteiger charge is 2.33. The number of hydrogen-bond donors (Lipinski definition) is 3. The van der Waals surface area contributed by atoms with Gasteiger partial charge in [0.2, 0.25) is 21.8 Å². The summed E-state index contributed by atoms with van der Waals surface area (Å²) < 4.78 is 61.9. The fourth-order valence-corrected chi connectivity index (χ4v) is 3.23. The van der Waals surface area contributed by atoms with E-state index in [2.05, 4.69) is 10.6 Å². The predicted molar refractivity (Wildman–Crippen MR) is 109 cm³/mol. The molecule has 0 aliphatic heterocycles. The van der Waals surface area contributed by atoms with E-state index < -0.39 is 33.6 Å². The van der Waals surface area contributed by atoms with Gasteiger partial charge in [-0.05, 0) is 36.9 Å². The number of benzene rings is 2. The lowest BCUT2D eigenvalue weighted by molar-refractivity contribution is -0.137. The summed E-state index contributed by atoms with van der Waals surface area (Å²) in [4.78, 5) is 25.7. The highest BCUT2D eigenvalue weighted by atomic mass is 32.2. The van der Waals surface area contributed by atoms with Gasteiger partial charge in [-0.2, -0.15) is 13.2 Å². The molecule has 2 aromatic rings. The molecule has 0 saturated carbocycles. The van der Waals surface area contributed by atoms with Crippen molar-refractivity contribution in [3.05, 3.63) is 54.1 Å². The number of amides is 2. The zero-order valence-electron chi connectivity index (χ0n) is 16.4. The van der Waals surface area contributed by atoms with Gasteiger partial charge in [-0.15, -0.1) is 0 Å². The molecule has 12 heteroatoms. The lowest BCUT2D eigenvalue weighted by Gasteiger charge is -2.20. The number of carbonyl (C=O) groups excluding carboxylic acids is 2. The second-order valence-electron chi connectivity index (χ2n) is 6.52. The average molecular weight is 458 g/mol. The molecule has 168 valence electrons. The Balaban J connectivity index is 2.00. The lowest BCUT2D eigenvalue weighted by Crippen LogP contribution is -2.38. The van der Waals surface area contributed by atoms with E-state index in [4.69, 9.17) is 5.14 Å². The van der Waals surface area contributed by atoms with Gasteiger partial charge >= 0.3 is 6.18 Å². The number of carbonyl (C=O) groups is 2. The molecule has 0 aliphatic carbocycles. The van der Waals surface area contributed by atoms with E-state index in [1.54, 1.807) is 6.92 Å². The minimum atomic E-state index is -4.63. The minimum absolute atomic E-state index is 0.180. The molecule has 0 bridgehead atoms. The highest BCUT2D eigenvalue weighted by Crippen LogP contribution is 2.34. The van der Waals surface area contributed by atoms with Crippen LogP contribution in [0.25, 0.3) is 0 Å². The largest absolute Gasteiger partial charge is 0.418 e. The van der Waals surface area contributed by atoms with Gasteiger partial charge in [0.15, 0.2) is 0 Å². The second kappa shape index (κ2) is 9.90. The molecule has 0 aliphatic rings. The SMILES string of the molecule is CCN(CC(=O)Nc1cccc(S(N)(=O)=O)c1)CC(=O)Nc1ccccc1C(F)(F)F. The summed E-state index contributed by atoms with van der Waals surface area (Å²) in [5.74, 6) is -1.26. The Labute approximate surface area is 177 Å². The van der Waals surface area contributed by atoms with Crippen LogP contribution in [-0.2, 0) is 25.8 Å². The van der Waals surface area contributed by atoms with Gasteiger partial charge in [0, 0.05) is 5.69 Å².